The van der Waals surface area contributed by atoms with Gasteiger partial charge in [-0.05, 0) is 6.42 Å². The van der Waals surface area contributed by atoms with E-state index < -0.39 is 9.84 Å². The molecule has 6 nitrogen and oxygen atoms in total. The smallest absolute Gasteiger partial charge is 0.221 e. The van der Waals surface area contributed by atoms with Crippen molar-refractivity contribution < 1.29 is 17.9 Å². The van der Waals surface area contributed by atoms with Crippen LogP contribution in [-0.4, -0.2) is 58.7 Å². The first kappa shape index (κ1) is 14.4. The van der Waals surface area contributed by atoms with Crippen molar-refractivity contribution in [3.63, 3.8) is 0 Å². The molecule has 1 aliphatic rings. The zero-order chi connectivity index (χ0) is 12.7. The maximum Gasteiger partial charge on any atom is 0.221 e. The van der Waals surface area contributed by atoms with Gasteiger partial charge in [0.25, 0.3) is 0 Å². The van der Waals surface area contributed by atoms with Gasteiger partial charge in [-0.25, -0.2) is 8.42 Å². The second-order valence-electron chi connectivity index (χ2n) is 4.16. The first-order valence-electron chi connectivity index (χ1n) is 5.73. The van der Waals surface area contributed by atoms with Crippen molar-refractivity contribution >= 4 is 15.7 Å². The van der Waals surface area contributed by atoms with E-state index in [1.165, 1.54) is 0 Å². The highest BCUT2D eigenvalue weighted by Gasteiger charge is 2.28. The highest BCUT2D eigenvalue weighted by atomic mass is 32.2. The van der Waals surface area contributed by atoms with Gasteiger partial charge in [0.15, 0.2) is 9.84 Å². The third-order valence-electron chi connectivity index (χ3n) is 2.61. The van der Waals surface area contributed by atoms with Crippen LogP contribution < -0.4 is 10.6 Å². The molecule has 2 N–H and O–H groups in total. The lowest BCUT2D eigenvalue weighted by Crippen LogP contribution is -2.37. The van der Waals surface area contributed by atoms with E-state index in [1.54, 1.807) is 7.11 Å². The molecule has 0 bridgehead atoms. The van der Waals surface area contributed by atoms with E-state index in [0.717, 1.165) is 0 Å². The standard InChI is InChI=1S/C10H20N2O4S/c1-16-6-5-11-4-2-10(13)12-9-3-7-17(14,15)8-9/h9,11H,2-8H2,1H3,(H,12,13). The molecule has 0 radical (unpaired) electrons. The van der Waals surface area contributed by atoms with Gasteiger partial charge in [-0.15, -0.1) is 0 Å². The minimum atomic E-state index is -2.92. The summed E-state index contributed by atoms with van der Waals surface area (Å²) < 4.78 is 27.2. The fourth-order valence-corrected chi connectivity index (χ4v) is 3.38. The van der Waals surface area contributed by atoms with Crippen molar-refractivity contribution in [2.75, 3.05) is 38.3 Å². The second kappa shape index (κ2) is 6.93. The van der Waals surface area contributed by atoms with Gasteiger partial charge in [0, 0.05) is 32.7 Å². The molecule has 1 rings (SSSR count). The van der Waals surface area contributed by atoms with Gasteiger partial charge in [0.1, 0.15) is 0 Å². The Morgan fingerprint density at radius 2 is 2.18 bits per heavy atom. The molecule has 0 aromatic heterocycles. The number of amides is 1. The van der Waals surface area contributed by atoms with Gasteiger partial charge in [0.2, 0.25) is 5.91 Å². The van der Waals surface area contributed by atoms with E-state index in [-0.39, 0.29) is 23.5 Å². The van der Waals surface area contributed by atoms with Crippen LogP contribution in [0.3, 0.4) is 0 Å². The van der Waals surface area contributed by atoms with Crippen LogP contribution in [-0.2, 0) is 19.4 Å². The average Bonchev–Trinajstić information content (AvgIpc) is 2.57. The predicted molar refractivity (Wildman–Crippen MR) is 64.6 cm³/mol. The van der Waals surface area contributed by atoms with Crippen LogP contribution in [0.2, 0.25) is 0 Å². The predicted octanol–water partition coefficient (Wildman–Crippen LogP) is -1.08. The molecule has 7 heteroatoms. The maximum atomic E-state index is 11.5. The fourth-order valence-electron chi connectivity index (χ4n) is 1.71. The van der Waals surface area contributed by atoms with Crippen molar-refractivity contribution in [1.82, 2.24) is 10.6 Å². The summed E-state index contributed by atoms with van der Waals surface area (Å²) in [7, 11) is -1.30. The molecule has 1 fully saturated rings. The molecule has 1 amide bonds. The monoisotopic (exact) mass is 264 g/mol. The maximum absolute atomic E-state index is 11.5. The van der Waals surface area contributed by atoms with Crippen LogP contribution in [0.25, 0.3) is 0 Å². The topological polar surface area (TPSA) is 84.5 Å². The van der Waals surface area contributed by atoms with Crippen LogP contribution in [0.15, 0.2) is 0 Å². The van der Waals surface area contributed by atoms with Gasteiger partial charge >= 0.3 is 0 Å². The molecule has 0 saturated carbocycles. The summed E-state index contributed by atoms with van der Waals surface area (Å²) in [5.41, 5.74) is 0. The SMILES string of the molecule is COCCNCCC(=O)NC1CCS(=O)(=O)C1. The van der Waals surface area contributed by atoms with Crippen molar-refractivity contribution in [2.24, 2.45) is 0 Å². The van der Waals surface area contributed by atoms with Gasteiger partial charge < -0.3 is 15.4 Å². The number of sulfone groups is 1. The van der Waals surface area contributed by atoms with Crippen molar-refractivity contribution in [1.29, 1.82) is 0 Å². The molecule has 1 saturated heterocycles. The van der Waals surface area contributed by atoms with Gasteiger partial charge in [-0.2, -0.15) is 0 Å². The van der Waals surface area contributed by atoms with Crippen LogP contribution in [0.1, 0.15) is 12.8 Å². The van der Waals surface area contributed by atoms with Gasteiger partial charge in [-0.3, -0.25) is 4.79 Å². The summed E-state index contributed by atoms with van der Waals surface area (Å²) in [5, 5.41) is 5.79. The van der Waals surface area contributed by atoms with E-state index in [9.17, 15) is 13.2 Å². The summed E-state index contributed by atoms with van der Waals surface area (Å²) in [4.78, 5) is 11.5. The number of ether oxygens (including phenoxy) is 1. The Balaban J connectivity index is 2.09. The second-order valence-corrected chi connectivity index (χ2v) is 6.39. The normalized spacial score (nSPS) is 22.5. The molecule has 1 unspecified atom stereocenters. The highest BCUT2D eigenvalue weighted by molar-refractivity contribution is 7.91. The van der Waals surface area contributed by atoms with E-state index in [1.807, 2.05) is 0 Å². The Hall–Kier alpha value is -0.660. The minimum Gasteiger partial charge on any atom is -0.383 e. The Morgan fingerprint density at radius 3 is 2.76 bits per heavy atom. The third-order valence-corrected chi connectivity index (χ3v) is 4.38. The Kier molecular flexibility index (Phi) is 5.87. The summed E-state index contributed by atoms with van der Waals surface area (Å²) in [6.45, 7) is 1.90. The number of carbonyl (C=O) groups is 1. The Bertz CT molecular complexity index is 342. The molecule has 17 heavy (non-hydrogen) atoms. The molecule has 100 valence electrons. The Morgan fingerprint density at radius 1 is 1.41 bits per heavy atom. The van der Waals surface area contributed by atoms with Crippen LogP contribution in [0.4, 0.5) is 0 Å². The fraction of sp³-hybridized carbons (Fsp3) is 0.900. The van der Waals surface area contributed by atoms with E-state index >= 15 is 0 Å². The van der Waals surface area contributed by atoms with Crippen LogP contribution in [0, 0.1) is 0 Å². The number of hydrogen-bond acceptors (Lipinski definition) is 5. The lowest BCUT2D eigenvalue weighted by Gasteiger charge is -2.10. The Labute approximate surface area is 102 Å². The zero-order valence-corrected chi connectivity index (χ0v) is 10.9. The lowest BCUT2D eigenvalue weighted by molar-refractivity contribution is -0.121. The van der Waals surface area contributed by atoms with E-state index in [2.05, 4.69) is 10.6 Å². The summed E-state index contributed by atoms with van der Waals surface area (Å²) in [6.07, 6.45) is 0.894. The third kappa shape index (κ3) is 5.99. The first-order chi connectivity index (χ1) is 8.03. The molecule has 0 aromatic carbocycles. The first-order valence-corrected chi connectivity index (χ1v) is 7.55. The molecule has 1 heterocycles. The number of hydrogen-bond donors (Lipinski definition) is 2. The van der Waals surface area contributed by atoms with Crippen LogP contribution >= 0.6 is 0 Å². The van der Waals surface area contributed by atoms with Crippen LogP contribution in [0.5, 0.6) is 0 Å². The minimum absolute atomic E-state index is 0.0792. The molecular weight excluding hydrogens is 244 g/mol. The largest absolute Gasteiger partial charge is 0.383 e. The summed E-state index contributed by atoms with van der Waals surface area (Å²) in [6, 6.07) is -0.202. The quantitative estimate of drug-likeness (QED) is 0.571. The van der Waals surface area contributed by atoms with Gasteiger partial charge in [-0.1, -0.05) is 0 Å². The average molecular weight is 264 g/mol. The summed E-state index contributed by atoms with van der Waals surface area (Å²) in [5.74, 6) is 0.164. The number of carbonyl (C=O) groups excluding carboxylic acids is 1. The molecular formula is C10H20N2O4S. The molecule has 1 aliphatic heterocycles. The zero-order valence-electron chi connectivity index (χ0n) is 10.1. The molecule has 0 aromatic rings. The van der Waals surface area contributed by atoms with E-state index in [0.29, 0.717) is 32.5 Å². The molecule has 0 spiro atoms. The van der Waals surface area contributed by atoms with Crippen molar-refractivity contribution in [3.8, 4) is 0 Å². The number of rotatable bonds is 7. The summed E-state index contributed by atoms with van der Waals surface area (Å²) >= 11 is 0. The van der Waals surface area contributed by atoms with Gasteiger partial charge in [0.05, 0.1) is 18.1 Å². The van der Waals surface area contributed by atoms with Crippen molar-refractivity contribution in [2.45, 2.75) is 18.9 Å². The number of methoxy groups -OCH3 is 1. The highest BCUT2D eigenvalue weighted by Crippen LogP contribution is 2.11. The lowest BCUT2D eigenvalue weighted by atomic mass is 10.2. The van der Waals surface area contributed by atoms with E-state index in [4.69, 9.17) is 4.74 Å². The molecule has 0 aliphatic carbocycles. The van der Waals surface area contributed by atoms with Crippen molar-refractivity contribution in [3.05, 3.63) is 0 Å². The number of nitrogens with one attached hydrogen (secondary N) is 2. The molecule has 1 atom stereocenters.